The zero-order valence-corrected chi connectivity index (χ0v) is 13.0. The molecule has 0 spiro atoms. The highest BCUT2D eigenvalue weighted by Crippen LogP contribution is 2.20. The van der Waals surface area contributed by atoms with Crippen LogP contribution in [0.3, 0.4) is 0 Å². The van der Waals surface area contributed by atoms with E-state index < -0.39 is 11.6 Å². The van der Waals surface area contributed by atoms with Crippen molar-refractivity contribution in [2.24, 2.45) is 0 Å². The van der Waals surface area contributed by atoms with Gasteiger partial charge in [-0.3, -0.25) is 9.78 Å². The topological polar surface area (TPSA) is 79.8 Å². The largest absolute Gasteiger partial charge is 0.348 e. The van der Waals surface area contributed by atoms with Crippen LogP contribution in [0.4, 0.5) is 5.69 Å². The second kappa shape index (κ2) is 6.10. The molecule has 0 aliphatic rings. The average Bonchev–Trinajstić information content (AvgIpc) is 2.94. The lowest BCUT2D eigenvalue weighted by molar-refractivity contribution is 0.101. The minimum absolute atomic E-state index is 0.0736. The van der Waals surface area contributed by atoms with E-state index in [9.17, 15) is 9.59 Å². The maximum atomic E-state index is 12.2. The average molecular weight is 329 g/mol. The Morgan fingerprint density at radius 1 is 1.22 bits per heavy atom. The molecule has 1 heterocycles. The van der Waals surface area contributed by atoms with Crippen molar-refractivity contribution in [2.75, 3.05) is 5.32 Å². The summed E-state index contributed by atoms with van der Waals surface area (Å²) in [5, 5.41) is 7.22. The van der Waals surface area contributed by atoms with Gasteiger partial charge in [0.05, 0.1) is 5.69 Å². The summed E-state index contributed by atoms with van der Waals surface area (Å²) in [6.45, 7) is 1.87. The number of nitrogens with zero attached hydrogens (tertiary/aromatic N) is 2. The second-order valence-electron chi connectivity index (χ2n) is 4.94. The number of carbonyl (C=O) groups excluding carboxylic acids is 1. The van der Waals surface area contributed by atoms with Crippen molar-refractivity contribution in [1.82, 2.24) is 14.8 Å². The van der Waals surface area contributed by atoms with E-state index >= 15 is 0 Å². The monoisotopic (exact) mass is 328 g/mol. The van der Waals surface area contributed by atoms with Gasteiger partial charge in [0.2, 0.25) is 5.82 Å². The van der Waals surface area contributed by atoms with Crippen LogP contribution in [-0.4, -0.2) is 20.7 Å². The fourth-order valence-electron chi connectivity index (χ4n) is 2.03. The highest BCUT2D eigenvalue weighted by atomic mass is 35.5. The van der Waals surface area contributed by atoms with E-state index in [1.165, 1.54) is 0 Å². The van der Waals surface area contributed by atoms with Gasteiger partial charge in [-0.15, -0.1) is 5.10 Å². The van der Waals surface area contributed by atoms with Crippen LogP contribution >= 0.6 is 11.6 Å². The molecule has 0 bridgehead atoms. The normalized spacial score (nSPS) is 10.5. The number of halogens is 1. The van der Waals surface area contributed by atoms with Gasteiger partial charge in [0.15, 0.2) is 0 Å². The van der Waals surface area contributed by atoms with E-state index in [1.54, 1.807) is 42.5 Å². The van der Waals surface area contributed by atoms with Gasteiger partial charge < -0.3 is 5.32 Å². The van der Waals surface area contributed by atoms with Crippen molar-refractivity contribution in [2.45, 2.75) is 6.92 Å². The van der Waals surface area contributed by atoms with Gasteiger partial charge >= 0.3 is 5.69 Å². The highest BCUT2D eigenvalue weighted by molar-refractivity contribution is 6.31. The molecule has 1 amide bonds. The third kappa shape index (κ3) is 3.17. The summed E-state index contributed by atoms with van der Waals surface area (Å²) in [5.74, 6) is -0.591. The Morgan fingerprint density at radius 2 is 1.96 bits per heavy atom. The molecule has 3 rings (SSSR count). The van der Waals surface area contributed by atoms with Gasteiger partial charge in [0.1, 0.15) is 0 Å². The smallest absolute Gasteiger partial charge is 0.319 e. The van der Waals surface area contributed by atoms with E-state index in [2.05, 4.69) is 15.4 Å². The fourth-order valence-corrected chi connectivity index (χ4v) is 2.21. The minimum Gasteiger partial charge on any atom is -0.319 e. The second-order valence-corrected chi connectivity index (χ2v) is 5.35. The number of para-hydroxylation sites is 1. The molecule has 0 fully saturated rings. The van der Waals surface area contributed by atoms with Crippen LogP contribution in [0.1, 0.15) is 16.2 Å². The standard InChI is InChI=1S/C16H13ClN4O2/c1-10-7-8-11(9-13(10)17)18-15(22)14-19-16(23)21(20-14)12-5-3-2-4-6-12/h2-9H,1H3,(H,18,22)(H,19,20,23). The third-order valence-corrected chi connectivity index (χ3v) is 3.67. The van der Waals surface area contributed by atoms with Crippen LogP contribution < -0.4 is 11.0 Å². The Bertz CT molecular complexity index is 915. The predicted molar refractivity (Wildman–Crippen MR) is 88.3 cm³/mol. The van der Waals surface area contributed by atoms with E-state index in [0.717, 1.165) is 10.2 Å². The summed E-state index contributed by atoms with van der Waals surface area (Å²) in [4.78, 5) is 26.6. The number of hydrogen-bond donors (Lipinski definition) is 2. The lowest BCUT2D eigenvalue weighted by Crippen LogP contribution is -2.15. The summed E-state index contributed by atoms with van der Waals surface area (Å²) < 4.78 is 1.14. The molecule has 23 heavy (non-hydrogen) atoms. The lowest BCUT2D eigenvalue weighted by atomic mass is 10.2. The fraction of sp³-hybridized carbons (Fsp3) is 0.0625. The summed E-state index contributed by atoms with van der Waals surface area (Å²) >= 11 is 6.02. The maximum Gasteiger partial charge on any atom is 0.348 e. The third-order valence-electron chi connectivity index (χ3n) is 3.26. The molecular weight excluding hydrogens is 316 g/mol. The lowest BCUT2D eigenvalue weighted by Gasteiger charge is -2.04. The number of benzene rings is 2. The van der Waals surface area contributed by atoms with Gasteiger partial charge in [0, 0.05) is 10.7 Å². The zero-order chi connectivity index (χ0) is 16.4. The molecule has 3 aromatic rings. The van der Waals surface area contributed by atoms with E-state index in [-0.39, 0.29) is 5.82 Å². The minimum atomic E-state index is -0.517. The number of aryl methyl sites for hydroxylation is 1. The highest BCUT2D eigenvalue weighted by Gasteiger charge is 2.14. The van der Waals surface area contributed by atoms with Gasteiger partial charge in [-0.2, -0.15) is 4.68 Å². The first-order valence-corrected chi connectivity index (χ1v) is 7.24. The number of amides is 1. The zero-order valence-electron chi connectivity index (χ0n) is 12.2. The predicted octanol–water partition coefficient (Wildman–Crippen LogP) is 2.77. The molecule has 116 valence electrons. The molecule has 0 atom stereocenters. The SMILES string of the molecule is Cc1ccc(NC(=O)c2nn(-c3ccccc3)c(=O)[nH]2)cc1Cl. The first kappa shape index (κ1) is 15.1. The maximum absolute atomic E-state index is 12.2. The molecule has 0 aliphatic heterocycles. The summed E-state index contributed by atoms with van der Waals surface area (Å²) in [6, 6.07) is 14.0. The molecule has 6 nitrogen and oxygen atoms in total. The van der Waals surface area contributed by atoms with Crippen molar-refractivity contribution in [3.63, 3.8) is 0 Å². The Kier molecular flexibility index (Phi) is 3.99. The molecule has 7 heteroatoms. The Hall–Kier alpha value is -2.86. The quantitative estimate of drug-likeness (QED) is 0.776. The van der Waals surface area contributed by atoms with Gasteiger partial charge in [0.25, 0.3) is 5.91 Å². The van der Waals surface area contributed by atoms with E-state index in [1.807, 2.05) is 13.0 Å². The van der Waals surface area contributed by atoms with Crippen LogP contribution in [0.15, 0.2) is 53.3 Å². The molecule has 2 N–H and O–H groups in total. The van der Waals surface area contributed by atoms with Crippen LogP contribution in [0.5, 0.6) is 0 Å². The van der Waals surface area contributed by atoms with Crippen molar-refractivity contribution < 1.29 is 4.79 Å². The van der Waals surface area contributed by atoms with Crippen molar-refractivity contribution in [3.05, 3.63) is 75.4 Å². The molecule has 2 aromatic carbocycles. The number of hydrogen-bond acceptors (Lipinski definition) is 3. The Balaban J connectivity index is 1.86. The van der Waals surface area contributed by atoms with Crippen molar-refractivity contribution in [1.29, 1.82) is 0 Å². The molecule has 0 aliphatic carbocycles. The molecule has 1 aromatic heterocycles. The number of aromatic nitrogens is 3. The van der Waals surface area contributed by atoms with Crippen LogP contribution in [0.25, 0.3) is 5.69 Å². The number of nitrogens with one attached hydrogen (secondary N) is 2. The Labute approximate surface area is 136 Å². The van der Waals surface area contributed by atoms with Crippen molar-refractivity contribution >= 4 is 23.2 Å². The number of H-pyrrole nitrogens is 1. The van der Waals surface area contributed by atoms with E-state index in [0.29, 0.717) is 16.4 Å². The van der Waals surface area contributed by atoms with Crippen molar-refractivity contribution in [3.8, 4) is 5.69 Å². The van der Waals surface area contributed by atoms with Crippen LogP contribution in [0.2, 0.25) is 5.02 Å². The van der Waals surface area contributed by atoms with Gasteiger partial charge in [-0.1, -0.05) is 35.9 Å². The van der Waals surface area contributed by atoms with Gasteiger partial charge in [-0.25, -0.2) is 4.79 Å². The molecule has 0 unspecified atom stereocenters. The van der Waals surface area contributed by atoms with Gasteiger partial charge in [-0.05, 0) is 36.8 Å². The summed E-state index contributed by atoms with van der Waals surface area (Å²) in [7, 11) is 0. The summed E-state index contributed by atoms with van der Waals surface area (Å²) in [5.41, 5.74) is 1.53. The van der Waals surface area contributed by atoms with Crippen LogP contribution in [0, 0.1) is 6.92 Å². The number of aromatic amines is 1. The first-order chi connectivity index (χ1) is 11.0. The molecule has 0 radical (unpaired) electrons. The van der Waals surface area contributed by atoms with Crippen LogP contribution in [-0.2, 0) is 0 Å². The first-order valence-electron chi connectivity index (χ1n) is 6.87. The number of anilines is 1. The number of carbonyl (C=O) groups is 1. The number of rotatable bonds is 3. The molecule has 0 saturated carbocycles. The summed E-state index contributed by atoms with van der Waals surface area (Å²) in [6.07, 6.45) is 0. The molecule has 0 saturated heterocycles. The van der Waals surface area contributed by atoms with E-state index in [4.69, 9.17) is 11.6 Å². The Morgan fingerprint density at radius 3 is 2.65 bits per heavy atom. The molecular formula is C16H13ClN4O2.